The van der Waals surface area contributed by atoms with E-state index in [1.165, 1.54) is 31.2 Å². The molecule has 2 nitrogen and oxygen atoms in total. The van der Waals surface area contributed by atoms with E-state index in [0.29, 0.717) is 11.5 Å². The minimum atomic E-state index is 0.434. The molecule has 0 radical (unpaired) electrons. The van der Waals surface area contributed by atoms with Crippen LogP contribution in [-0.4, -0.2) is 6.04 Å². The smallest absolute Gasteiger partial charge is 0.0247 e. The first-order valence-electron chi connectivity index (χ1n) is 7.11. The molecule has 1 heterocycles. The van der Waals surface area contributed by atoms with Crippen LogP contribution < -0.4 is 11.3 Å². The third-order valence-corrected chi connectivity index (χ3v) is 5.35. The van der Waals surface area contributed by atoms with Gasteiger partial charge in [0, 0.05) is 6.04 Å². The van der Waals surface area contributed by atoms with Crippen molar-refractivity contribution in [2.75, 3.05) is 0 Å². The van der Waals surface area contributed by atoms with Crippen LogP contribution in [0.2, 0.25) is 0 Å². The van der Waals surface area contributed by atoms with Gasteiger partial charge in [-0.25, -0.2) is 0 Å². The molecule has 1 aromatic heterocycles. The second kappa shape index (κ2) is 6.18. The summed E-state index contributed by atoms with van der Waals surface area (Å²) >= 11 is 1.78. The Hall–Kier alpha value is -0.380. The second-order valence-corrected chi connectivity index (χ2v) is 7.06. The average molecular weight is 266 g/mol. The third-order valence-electron chi connectivity index (χ3n) is 4.61. The van der Waals surface area contributed by atoms with Gasteiger partial charge < -0.3 is 0 Å². The number of rotatable bonds is 5. The summed E-state index contributed by atoms with van der Waals surface area (Å²) in [4.78, 5) is 0. The van der Waals surface area contributed by atoms with E-state index in [-0.39, 0.29) is 0 Å². The number of nitrogens with one attached hydrogen (secondary N) is 1. The summed E-state index contributed by atoms with van der Waals surface area (Å²) in [6.07, 6.45) is 7.71. The van der Waals surface area contributed by atoms with Gasteiger partial charge in [-0.1, -0.05) is 26.7 Å². The van der Waals surface area contributed by atoms with Crippen LogP contribution in [0.25, 0.3) is 0 Å². The Balaban J connectivity index is 1.94. The van der Waals surface area contributed by atoms with Crippen molar-refractivity contribution in [2.24, 2.45) is 17.2 Å². The molecule has 3 heteroatoms. The van der Waals surface area contributed by atoms with Gasteiger partial charge in [0.15, 0.2) is 0 Å². The van der Waals surface area contributed by atoms with Crippen molar-refractivity contribution in [1.29, 1.82) is 0 Å². The van der Waals surface area contributed by atoms with Gasteiger partial charge in [-0.15, -0.1) is 0 Å². The van der Waals surface area contributed by atoms with E-state index in [4.69, 9.17) is 5.84 Å². The maximum Gasteiger partial charge on any atom is 0.0247 e. The zero-order chi connectivity index (χ0) is 13.0. The van der Waals surface area contributed by atoms with Crippen molar-refractivity contribution in [3.63, 3.8) is 0 Å². The van der Waals surface area contributed by atoms with Crippen molar-refractivity contribution in [3.05, 3.63) is 22.4 Å². The summed E-state index contributed by atoms with van der Waals surface area (Å²) in [5.41, 5.74) is 4.98. The van der Waals surface area contributed by atoms with Crippen molar-refractivity contribution in [2.45, 2.75) is 58.4 Å². The number of thiophene rings is 1. The molecule has 1 aliphatic carbocycles. The molecule has 2 unspecified atom stereocenters. The highest BCUT2D eigenvalue weighted by Crippen LogP contribution is 2.43. The first-order chi connectivity index (χ1) is 8.63. The summed E-state index contributed by atoms with van der Waals surface area (Å²) in [6.45, 7) is 4.82. The molecule has 0 aromatic carbocycles. The predicted octanol–water partition coefficient (Wildman–Crippen LogP) is 3.73. The van der Waals surface area contributed by atoms with Crippen LogP contribution in [-0.2, 0) is 6.42 Å². The molecule has 1 fully saturated rings. The van der Waals surface area contributed by atoms with Gasteiger partial charge in [-0.05, 0) is 59.4 Å². The van der Waals surface area contributed by atoms with Crippen LogP contribution in [0.4, 0.5) is 0 Å². The molecule has 1 aromatic rings. The first-order valence-corrected chi connectivity index (χ1v) is 8.05. The minimum absolute atomic E-state index is 0.434. The lowest BCUT2D eigenvalue weighted by atomic mass is 9.65. The molecule has 0 amide bonds. The van der Waals surface area contributed by atoms with Crippen LogP contribution in [0.5, 0.6) is 0 Å². The monoisotopic (exact) mass is 266 g/mol. The largest absolute Gasteiger partial charge is 0.271 e. The minimum Gasteiger partial charge on any atom is -0.271 e. The highest BCUT2D eigenvalue weighted by molar-refractivity contribution is 7.07. The average Bonchev–Trinajstić information content (AvgIpc) is 2.84. The Kier molecular flexibility index (Phi) is 4.82. The molecular formula is C15H26N2S. The zero-order valence-electron chi connectivity index (χ0n) is 11.6. The van der Waals surface area contributed by atoms with E-state index in [9.17, 15) is 0 Å². The number of hydrazine groups is 1. The maximum absolute atomic E-state index is 5.82. The zero-order valence-corrected chi connectivity index (χ0v) is 12.4. The summed E-state index contributed by atoms with van der Waals surface area (Å²) in [5.74, 6) is 6.53. The number of aryl methyl sites for hydroxylation is 1. The van der Waals surface area contributed by atoms with Crippen molar-refractivity contribution >= 4 is 11.3 Å². The molecule has 0 bridgehead atoms. The lowest BCUT2D eigenvalue weighted by Crippen LogP contribution is -2.47. The van der Waals surface area contributed by atoms with Crippen LogP contribution >= 0.6 is 11.3 Å². The molecule has 2 atom stereocenters. The molecular weight excluding hydrogens is 240 g/mol. The molecule has 3 N–H and O–H groups in total. The van der Waals surface area contributed by atoms with Gasteiger partial charge in [0.2, 0.25) is 0 Å². The number of nitrogens with two attached hydrogens (primary N) is 1. The fourth-order valence-corrected chi connectivity index (χ4v) is 4.13. The Morgan fingerprint density at radius 1 is 1.50 bits per heavy atom. The Morgan fingerprint density at radius 2 is 2.33 bits per heavy atom. The van der Waals surface area contributed by atoms with Crippen LogP contribution in [0.15, 0.2) is 16.8 Å². The van der Waals surface area contributed by atoms with Crippen molar-refractivity contribution in [3.8, 4) is 0 Å². The Labute approximate surface area is 115 Å². The van der Waals surface area contributed by atoms with E-state index in [2.05, 4.69) is 36.1 Å². The van der Waals surface area contributed by atoms with Gasteiger partial charge >= 0.3 is 0 Å². The number of hydrogen-bond donors (Lipinski definition) is 2. The molecule has 1 aliphatic rings. The third kappa shape index (κ3) is 3.34. The van der Waals surface area contributed by atoms with E-state index >= 15 is 0 Å². The van der Waals surface area contributed by atoms with Gasteiger partial charge in [0.25, 0.3) is 0 Å². The van der Waals surface area contributed by atoms with E-state index in [0.717, 1.165) is 18.8 Å². The molecule has 0 spiro atoms. The number of hydrogen-bond acceptors (Lipinski definition) is 3. The molecule has 102 valence electrons. The fourth-order valence-electron chi connectivity index (χ4n) is 3.42. The maximum atomic E-state index is 5.82. The fraction of sp³-hybridized carbons (Fsp3) is 0.733. The summed E-state index contributed by atoms with van der Waals surface area (Å²) in [5, 5.41) is 4.41. The molecule has 1 saturated carbocycles. The Morgan fingerprint density at radius 3 is 2.94 bits per heavy atom. The highest BCUT2D eigenvalue weighted by Gasteiger charge is 2.36. The van der Waals surface area contributed by atoms with Crippen molar-refractivity contribution in [1.82, 2.24) is 5.43 Å². The summed E-state index contributed by atoms with van der Waals surface area (Å²) in [7, 11) is 0. The van der Waals surface area contributed by atoms with Gasteiger partial charge in [0.05, 0.1) is 0 Å². The normalized spacial score (nSPS) is 24.9. The topological polar surface area (TPSA) is 38.0 Å². The van der Waals surface area contributed by atoms with Crippen LogP contribution in [0.3, 0.4) is 0 Å². The first kappa shape index (κ1) is 14.0. The standard InChI is InChI=1S/C15H26N2S/c1-15(2)9-4-3-5-13(15)14(17-16)7-6-12-8-10-18-11-12/h8,10-11,13-14,17H,3-7,9,16H2,1-2H3. The van der Waals surface area contributed by atoms with E-state index in [1.54, 1.807) is 11.3 Å². The van der Waals surface area contributed by atoms with Crippen LogP contribution in [0.1, 0.15) is 51.5 Å². The highest BCUT2D eigenvalue weighted by atomic mass is 32.1. The van der Waals surface area contributed by atoms with E-state index < -0.39 is 0 Å². The van der Waals surface area contributed by atoms with Gasteiger partial charge in [-0.2, -0.15) is 11.3 Å². The Bertz CT molecular complexity index is 345. The lowest BCUT2D eigenvalue weighted by molar-refractivity contribution is 0.0948. The van der Waals surface area contributed by atoms with Gasteiger partial charge in [-0.3, -0.25) is 11.3 Å². The van der Waals surface area contributed by atoms with Crippen molar-refractivity contribution < 1.29 is 0 Å². The quantitative estimate of drug-likeness (QED) is 0.629. The second-order valence-electron chi connectivity index (χ2n) is 6.28. The molecule has 2 rings (SSSR count). The molecule has 18 heavy (non-hydrogen) atoms. The predicted molar refractivity (Wildman–Crippen MR) is 79.5 cm³/mol. The van der Waals surface area contributed by atoms with Crippen LogP contribution in [0, 0.1) is 11.3 Å². The molecule has 0 saturated heterocycles. The summed E-state index contributed by atoms with van der Waals surface area (Å²) < 4.78 is 0. The molecule has 0 aliphatic heterocycles. The lowest BCUT2D eigenvalue weighted by Gasteiger charge is -2.43. The van der Waals surface area contributed by atoms with E-state index in [1.807, 2.05) is 0 Å². The SMILES string of the molecule is CC1(C)CCCCC1C(CCc1ccsc1)NN. The van der Waals surface area contributed by atoms with Gasteiger partial charge in [0.1, 0.15) is 0 Å². The summed E-state index contributed by atoms with van der Waals surface area (Å²) in [6, 6.07) is 2.68.